The first-order chi connectivity index (χ1) is 13.0. The molecule has 1 saturated heterocycles. The lowest BCUT2D eigenvalue weighted by Gasteiger charge is -2.13. The topological polar surface area (TPSA) is 83.9 Å². The summed E-state index contributed by atoms with van der Waals surface area (Å²) in [7, 11) is 0. The van der Waals surface area contributed by atoms with E-state index in [2.05, 4.69) is 0 Å². The molecule has 0 aliphatic carbocycles. The molecule has 1 aliphatic rings. The van der Waals surface area contributed by atoms with Crippen LogP contribution in [-0.4, -0.2) is 28.8 Å². The summed E-state index contributed by atoms with van der Waals surface area (Å²) in [4.78, 5) is 36.8. The number of carbonyl (C=O) groups excluding carboxylic acids is 2. The number of rotatable bonds is 6. The summed E-state index contributed by atoms with van der Waals surface area (Å²) >= 11 is 6.93. The van der Waals surface area contributed by atoms with E-state index >= 15 is 0 Å². The van der Waals surface area contributed by atoms with Gasteiger partial charge in [0.1, 0.15) is 5.75 Å². The normalized spacial score (nSPS) is 15.4. The molecule has 1 heterocycles. The Morgan fingerprint density at radius 1 is 1.19 bits per heavy atom. The molecular weight excluding hydrogens is 390 g/mol. The van der Waals surface area contributed by atoms with Crippen LogP contribution < -0.4 is 9.64 Å². The molecule has 0 radical (unpaired) electrons. The molecule has 0 aromatic heterocycles. The number of aliphatic carboxylic acids is 1. The van der Waals surface area contributed by atoms with Gasteiger partial charge in [0.15, 0.2) is 0 Å². The number of thioether (sulfide) groups is 1. The van der Waals surface area contributed by atoms with Crippen LogP contribution in [0, 0.1) is 0 Å². The lowest BCUT2D eigenvalue weighted by atomic mass is 10.2. The van der Waals surface area contributed by atoms with Gasteiger partial charge in [0, 0.05) is 0 Å². The van der Waals surface area contributed by atoms with Gasteiger partial charge in [0.25, 0.3) is 11.1 Å². The number of carboxylic acids is 1. The zero-order chi connectivity index (χ0) is 19.4. The Balaban J connectivity index is 1.80. The molecule has 3 rings (SSSR count). The number of carbonyl (C=O) groups is 3. The van der Waals surface area contributed by atoms with Crippen LogP contribution in [0.5, 0.6) is 5.75 Å². The van der Waals surface area contributed by atoms with E-state index in [0.29, 0.717) is 22.0 Å². The molecule has 2 amide bonds. The number of para-hydroxylation sites is 1. The van der Waals surface area contributed by atoms with Crippen molar-refractivity contribution in [3.63, 3.8) is 0 Å². The number of halogens is 1. The van der Waals surface area contributed by atoms with Crippen LogP contribution >= 0.6 is 23.4 Å². The molecule has 8 heteroatoms. The number of hydrogen-bond donors (Lipinski definition) is 1. The van der Waals surface area contributed by atoms with E-state index in [1.807, 2.05) is 0 Å². The van der Waals surface area contributed by atoms with Gasteiger partial charge in [-0.2, -0.15) is 0 Å². The summed E-state index contributed by atoms with van der Waals surface area (Å²) < 4.78 is 5.38. The summed E-state index contributed by atoms with van der Waals surface area (Å²) in [5.41, 5.74) is 1.00. The second kappa shape index (κ2) is 8.28. The maximum Gasteiger partial charge on any atom is 0.306 e. The summed E-state index contributed by atoms with van der Waals surface area (Å²) in [6, 6.07) is 13.5. The molecule has 6 nitrogen and oxygen atoms in total. The number of nitrogens with zero attached hydrogens (tertiary/aromatic N) is 1. The molecule has 1 N–H and O–H groups in total. The number of imide groups is 1. The van der Waals surface area contributed by atoms with E-state index in [1.165, 1.54) is 0 Å². The molecule has 2 aromatic carbocycles. The Kier molecular flexibility index (Phi) is 5.83. The van der Waals surface area contributed by atoms with Gasteiger partial charge in [-0.05, 0) is 47.7 Å². The molecule has 0 spiro atoms. The Morgan fingerprint density at radius 2 is 1.96 bits per heavy atom. The van der Waals surface area contributed by atoms with Crippen molar-refractivity contribution >= 4 is 52.2 Å². The Labute approximate surface area is 164 Å². The van der Waals surface area contributed by atoms with Crippen LogP contribution in [0.2, 0.25) is 5.02 Å². The quantitative estimate of drug-likeness (QED) is 0.718. The minimum absolute atomic E-state index is 0.0435. The summed E-state index contributed by atoms with van der Waals surface area (Å²) in [5.74, 6) is -0.912. The van der Waals surface area contributed by atoms with E-state index in [4.69, 9.17) is 21.4 Å². The number of benzene rings is 2. The number of amides is 2. The average Bonchev–Trinajstić information content (AvgIpc) is 2.89. The SMILES string of the molecule is O=C(O)CCOc1cccc(/C=C2/SC(=O)N(c3ccccc3Cl)C2=O)c1. The highest BCUT2D eigenvalue weighted by Gasteiger charge is 2.37. The van der Waals surface area contributed by atoms with E-state index in [0.717, 1.165) is 16.7 Å². The minimum Gasteiger partial charge on any atom is -0.493 e. The van der Waals surface area contributed by atoms with Gasteiger partial charge in [-0.1, -0.05) is 35.9 Å². The fourth-order valence-corrected chi connectivity index (χ4v) is 3.46. The van der Waals surface area contributed by atoms with Crippen LogP contribution in [0.25, 0.3) is 6.08 Å². The second-order valence-electron chi connectivity index (χ2n) is 5.53. The van der Waals surface area contributed by atoms with E-state index in [-0.39, 0.29) is 17.9 Å². The second-order valence-corrected chi connectivity index (χ2v) is 6.93. The maximum atomic E-state index is 12.7. The molecular formula is C19H14ClNO5S. The lowest BCUT2D eigenvalue weighted by molar-refractivity contribution is -0.137. The van der Waals surface area contributed by atoms with Crippen LogP contribution in [0.3, 0.4) is 0 Å². The molecule has 138 valence electrons. The van der Waals surface area contributed by atoms with Crippen molar-refractivity contribution in [1.82, 2.24) is 0 Å². The van der Waals surface area contributed by atoms with Gasteiger partial charge < -0.3 is 9.84 Å². The van der Waals surface area contributed by atoms with E-state index < -0.39 is 17.1 Å². The standard InChI is InChI=1S/C19H14ClNO5S/c20-14-6-1-2-7-15(14)21-18(24)16(27-19(21)25)11-12-4-3-5-13(10-12)26-9-8-17(22)23/h1-7,10-11H,8-9H2,(H,22,23)/b16-11+. The lowest BCUT2D eigenvalue weighted by Crippen LogP contribution is -2.27. The number of carboxylic acid groups (broad SMARTS) is 1. The van der Waals surface area contributed by atoms with Crippen LogP contribution in [-0.2, 0) is 9.59 Å². The van der Waals surface area contributed by atoms with Crippen molar-refractivity contribution in [2.75, 3.05) is 11.5 Å². The third-order valence-corrected chi connectivity index (χ3v) is 4.82. The third kappa shape index (κ3) is 4.50. The first kappa shape index (κ1) is 19.0. The first-order valence-corrected chi connectivity index (χ1v) is 9.12. The number of ether oxygens (including phenoxy) is 1. The predicted octanol–water partition coefficient (Wildman–Crippen LogP) is 4.43. The third-order valence-electron chi connectivity index (χ3n) is 3.63. The summed E-state index contributed by atoms with van der Waals surface area (Å²) in [6.45, 7) is 0.0435. The van der Waals surface area contributed by atoms with Crippen molar-refractivity contribution in [2.24, 2.45) is 0 Å². The highest BCUT2D eigenvalue weighted by Crippen LogP contribution is 2.38. The van der Waals surface area contributed by atoms with Gasteiger partial charge in [0.2, 0.25) is 0 Å². The van der Waals surface area contributed by atoms with Gasteiger partial charge in [-0.25, -0.2) is 4.90 Å². The number of anilines is 1. The van der Waals surface area contributed by atoms with Gasteiger partial charge in [-0.3, -0.25) is 14.4 Å². The smallest absolute Gasteiger partial charge is 0.306 e. The van der Waals surface area contributed by atoms with Crippen molar-refractivity contribution < 1.29 is 24.2 Å². The molecule has 1 fully saturated rings. The first-order valence-electron chi connectivity index (χ1n) is 7.93. The molecule has 0 saturated carbocycles. The predicted molar refractivity (Wildman–Crippen MR) is 104 cm³/mol. The number of hydrogen-bond acceptors (Lipinski definition) is 5. The van der Waals surface area contributed by atoms with Crippen LogP contribution in [0.1, 0.15) is 12.0 Å². The van der Waals surface area contributed by atoms with Gasteiger partial charge >= 0.3 is 5.97 Å². The molecule has 0 atom stereocenters. The van der Waals surface area contributed by atoms with Crippen LogP contribution in [0.4, 0.5) is 10.5 Å². The summed E-state index contributed by atoms with van der Waals surface area (Å²) in [6.07, 6.45) is 1.48. The van der Waals surface area contributed by atoms with Crippen molar-refractivity contribution in [3.8, 4) is 5.75 Å². The van der Waals surface area contributed by atoms with Gasteiger partial charge in [-0.15, -0.1) is 0 Å². The molecule has 27 heavy (non-hydrogen) atoms. The average molecular weight is 404 g/mol. The molecule has 0 unspecified atom stereocenters. The molecule has 0 bridgehead atoms. The Bertz CT molecular complexity index is 943. The zero-order valence-corrected chi connectivity index (χ0v) is 15.5. The van der Waals surface area contributed by atoms with E-state index in [1.54, 1.807) is 54.6 Å². The largest absolute Gasteiger partial charge is 0.493 e. The highest BCUT2D eigenvalue weighted by atomic mass is 35.5. The maximum absolute atomic E-state index is 12.7. The molecule has 2 aromatic rings. The van der Waals surface area contributed by atoms with Crippen LogP contribution in [0.15, 0.2) is 53.4 Å². The summed E-state index contributed by atoms with van der Waals surface area (Å²) in [5, 5.41) is 8.54. The fraction of sp³-hybridized carbons (Fsp3) is 0.105. The van der Waals surface area contributed by atoms with E-state index in [9.17, 15) is 14.4 Å². The highest BCUT2D eigenvalue weighted by molar-refractivity contribution is 8.19. The minimum atomic E-state index is -0.945. The van der Waals surface area contributed by atoms with Crippen molar-refractivity contribution in [2.45, 2.75) is 6.42 Å². The van der Waals surface area contributed by atoms with Crippen molar-refractivity contribution in [3.05, 3.63) is 64.0 Å². The monoisotopic (exact) mass is 403 g/mol. The molecule has 1 aliphatic heterocycles. The fourth-order valence-electron chi connectivity index (χ4n) is 2.41. The van der Waals surface area contributed by atoms with Crippen molar-refractivity contribution in [1.29, 1.82) is 0 Å². The Morgan fingerprint density at radius 3 is 2.70 bits per heavy atom. The van der Waals surface area contributed by atoms with Gasteiger partial charge in [0.05, 0.1) is 28.6 Å². The Hall–Kier alpha value is -2.77. The zero-order valence-electron chi connectivity index (χ0n) is 13.9.